The lowest BCUT2D eigenvalue weighted by Gasteiger charge is -2.23. The molecule has 0 saturated carbocycles. The van der Waals surface area contributed by atoms with Crippen molar-refractivity contribution in [1.29, 1.82) is 0 Å². The van der Waals surface area contributed by atoms with Gasteiger partial charge in [-0.25, -0.2) is 0 Å². The van der Waals surface area contributed by atoms with E-state index in [0.717, 1.165) is 26.2 Å². The Bertz CT molecular complexity index is 113. The molecular weight excluding hydrogens is 162 g/mol. The number of hydrogen-bond acceptors (Lipinski definition) is 3. The summed E-state index contributed by atoms with van der Waals surface area (Å²) in [5.41, 5.74) is 5.75. The monoisotopic (exact) mass is 187 g/mol. The van der Waals surface area contributed by atoms with Crippen molar-refractivity contribution < 1.29 is 0 Å². The fourth-order valence-corrected chi connectivity index (χ4v) is 1.40. The molecular formula is C10H25N3. The fourth-order valence-electron chi connectivity index (χ4n) is 1.40. The van der Waals surface area contributed by atoms with Crippen LogP contribution in [0.5, 0.6) is 0 Å². The molecule has 2 N–H and O–H groups in total. The minimum Gasteiger partial charge on any atom is -0.327 e. The van der Waals surface area contributed by atoms with E-state index < -0.39 is 0 Å². The zero-order valence-corrected chi connectivity index (χ0v) is 9.58. The largest absolute Gasteiger partial charge is 0.327 e. The van der Waals surface area contributed by atoms with Crippen molar-refractivity contribution in [2.24, 2.45) is 5.73 Å². The highest BCUT2D eigenvalue weighted by Crippen LogP contribution is 1.93. The lowest BCUT2D eigenvalue weighted by molar-refractivity contribution is 0.256. The maximum Gasteiger partial charge on any atom is 0.0139 e. The van der Waals surface area contributed by atoms with Crippen LogP contribution in [-0.2, 0) is 0 Å². The third-order valence-electron chi connectivity index (χ3n) is 2.07. The Morgan fingerprint density at radius 1 is 1.23 bits per heavy atom. The molecule has 0 heterocycles. The van der Waals surface area contributed by atoms with Crippen LogP contribution in [0.3, 0.4) is 0 Å². The van der Waals surface area contributed by atoms with Gasteiger partial charge in [-0.2, -0.15) is 0 Å². The van der Waals surface area contributed by atoms with Crippen LogP contribution in [0.25, 0.3) is 0 Å². The van der Waals surface area contributed by atoms with Gasteiger partial charge in [0.25, 0.3) is 0 Å². The molecule has 3 heteroatoms. The highest BCUT2D eigenvalue weighted by Gasteiger charge is 2.04. The van der Waals surface area contributed by atoms with Gasteiger partial charge in [0, 0.05) is 12.6 Å². The normalized spacial score (nSPS) is 14.1. The standard InChI is InChI=1S/C10H25N3/c1-5-13(9-10(2)11)8-6-7-12(3)4/h10H,5-9,11H2,1-4H3. The van der Waals surface area contributed by atoms with Crippen LogP contribution >= 0.6 is 0 Å². The molecule has 3 nitrogen and oxygen atoms in total. The predicted octanol–water partition coefficient (Wildman–Crippen LogP) is 0.607. The third kappa shape index (κ3) is 8.22. The van der Waals surface area contributed by atoms with Crippen LogP contribution in [0.2, 0.25) is 0 Å². The summed E-state index contributed by atoms with van der Waals surface area (Å²) in [4.78, 5) is 4.63. The van der Waals surface area contributed by atoms with E-state index in [0.29, 0.717) is 6.04 Å². The lowest BCUT2D eigenvalue weighted by Crippen LogP contribution is -2.36. The van der Waals surface area contributed by atoms with Crippen LogP contribution in [-0.4, -0.2) is 56.1 Å². The van der Waals surface area contributed by atoms with E-state index >= 15 is 0 Å². The van der Waals surface area contributed by atoms with Gasteiger partial charge in [-0.15, -0.1) is 0 Å². The van der Waals surface area contributed by atoms with Gasteiger partial charge in [0.15, 0.2) is 0 Å². The van der Waals surface area contributed by atoms with Crippen LogP contribution in [0.15, 0.2) is 0 Å². The highest BCUT2D eigenvalue weighted by molar-refractivity contribution is 4.63. The van der Waals surface area contributed by atoms with Crippen molar-refractivity contribution >= 4 is 0 Å². The zero-order chi connectivity index (χ0) is 10.3. The topological polar surface area (TPSA) is 32.5 Å². The lowest BCUT2D eigenvalue weighted by atomic mass is 10.3. The molecule has 0 aliphatic heterocycles. The second-order valence-electron chi connectivity index (χ2n) is 4.03. The van der Waals surface area contributed by atoms with E-state index in [1.807, 2.05) is 0 Å². The highest BCUT2D eigenvalue weighted by atomic mass is 15.1. The maximum atomic E-state index is 5.75. The van der Waals surface area contributed by atoms with Crippen molar-refractivity contribution in [2.45, 2.75) is 26.3 Å². The number of rotatable bonds is 7. The Balaban J connectivity index is 3.48. The summed E-state index contributed by atoms with van der Waals surface area (Å²) in [6.07, 6.45) is 1.23. The van der Waals surface area contributed by atoms with E-state index in [2.05, 4.69) is 37.7 Å². The van der Waals surface area contributed by atoms with Crippen LogP contribution < -0.4 is 5.73 Å². The Hall–Kier alpha value is -0.120. The second-order valence-corrected chi connectivity index (χ2v) is 4.03. The first-order chi connectivity index (χ1) is 6.06. The van der Waals surface area contributed by atoms with E-state index in [9.17, 15) is 0 Å². The molecule has 0 aromatic rings. The molecule has 0 aromatic carbocycles. The van der Waals surface area contributed by atoms with Gasteiger partial charge in [0.1, 0.15) is 0 Å². The Morgan fingerprint density at radius 2 is 1.85 bits per heavy atom. The summed E-state index contributed by atoms with van der Waals surface area (Å²) < 4.78 is 0. The van der Waals surface area contributed by atoms with Gasteiger partial charge in [0.05, 0.1) is 0 Å². The van der Waals surface area contributed by atoms with Crippen molar-refractivity contribution in [3.05, 3.63) is 0 Å². The fraction of sp³-hybridized carbons (Fsp3) is 1.00. The summed E-state index contributed by atoms with van der Waals surface area (Å²) in [6, 6.07) is 0.291. The minimum atomic E-state index is 0.291. The van der Waals surface area contributed by atoms with Gasteiger partial charge in [-0.1, -0.05) is 6.92 Å². The molecule has 0 amide bonds. The van der Waals surface area contributed by atoms with Crippen molar-refractivity contribution in [2.75, 3.05) is 40.3 Å². The zero-order valence-electron chi connectivity index (χ0n) is 9.58. The van der Waals surface area contributed by atoms with Gasteiger partial charge < -0.3 is 15.5 Å². The number of hydrogen-bond donors (Lipinski definition) is 1. The van der Waals surface area contributed by atoms with E-state index in [4.69, 9.17) is 5.73 Å². The Kier molecular flexibility index (Phi) is 7.23. The molecule has 0 aliphatic rings. The van der Waals surface area contributed by atoms with Crippen molar-refractivity contribution in [3.63, 3.8) is 0 Å². The van der Waals surface area contributed by atoms with Gasteiger partial charge in [-0.3, -0.25) is 0 Å². The average molecular weight is 187 g/mol. The van der Waals surface area contributed by atoms with Crippen LogP contribution in [0.1, 0.15) is 20.3 Å². The van der Waals surface area contributed by atoms with Crippen molar-refractivity contribution in [3.8, 4) is 0 Å². The summed E-state index contributed by atoms with van der Waals surface area (Å²) >= 11 is 0. The first kappa shape index (κ1) is 12.9. The molecule has 0 aromatic heterocycles. The SMILES string of the molecule is CCN(CCCN(C)C)CC(C)N. The molecule has 1 unspecified atom stereocenters. The minimum absolute atomic E-state index is 0.291. The molecule has 0 saturated heterocycles. The van der Waals surface area contributed by atoms with Crippen LogP contribution in [0.4, 0.5) is 0 Å². The van der Waals surface area contributed by atoms with E-state index in [1.165, 1.54) is 6.42 Å². The average Bonchev–Trinajstić information content (AvgIpc) is 2.01. The Morgan fingerprint density at radius 3 is 2.23 bits per heavy atom. The maximum absolute atomic E-state index is 5.75. The molecule has 13 heavy (non-hydrogen) atoms. The number of nitrogens with zero attached hydrogens (tertiary/aromatic N) is 2. The molecule has 1 atom stereocenters. The summed E-state index contributed by atoms with van der Waals surface area (Å²) in [5, 5.41) is 0. The molecule has 0 fully saturated rings. The van der Waals surface area contributed by atoms with Gasteiger partial charge >= 0.3 is 0 Å². The van der Waals surface area contributed by atoms with E-state index in [-0.39, 0.29) is 0 Å². The van der Waals surface area contributed by atoms with Crippen LogP contribution in [0, 0.1) is 0 Å². The molecule has 80 valence electrons. The molecule has 0 bridgehead atoms. The second kappa shape index (κ2) is 7.30. The first-order valence-corrected chi connectivity index (χ1v) is 5.19. The molecule has 0 rings (SSSR count). The third-order valence-corrected chi connectivity index (χ3v) is 2.07. The van der Waals surface area contributed by atoms with Crippen molar-refractivity contribution in [1.82, 2.24) is 9.80 Å². The summed E-state index contributed by atoms with van der Waals surface area (Å²) in [5.74, 6) is 0. The molecule has 0 spiro atoms. The predicted molar refractivity (Wildman–Crippen MR) is 58.9 cm³/mol. The molecule has 0 aliphatic carbocycles. The Labute approximate surface area is 82.9 Å². The number of nitrogens with two attached hydrogens (primary N) is 1. The summed E-state index contributed by atoms with van der Waals surface area (Å²) in [7, 11) is 4.23. The smallest absolute Gasteiger partial charge is 0.0139 e. The van der Waals surface area contributed by atoms with Gasteiger partial charge in [0.2, 0.25) is 0 Å². The molecule has 0 radical (unpaired) electrons. The summed E-state index contributed by atoms with van der Waals surface area (Å²) in [6.45, 7) is 8.71. The van der Waals surface area contributed by atoms with Gasteiger partial charge in [-0.05, 0) is 47.1 Å². The quantitative estimate of drug-likeness (QED) is 0.634. The number of likely N-dealkylation sites (N-methyl/N-ethyl adjacent to an activating group) is 1. The first-order valence-electron chi connectivity index (χ1n) is 5.19. The van der Waals surface area contributed by atoms with E-state index in [1.54, 1.807) is 0 Å².